The number of nitrogens with zero attached hydrogens (tertiary/aromatic N) is 5. The quantitative estimate of drug-likeness (QED) is 0.135. The third-order valence-electron chi connectivity index (χ3n) is 10.9. The first-order valence-corrected chi connectivity index (χ1v) is 19.7. The predicted octanol–water partition coefficient (Wildman–Crippen LogP) is 13.8. The SMILES string of the molecule is CC(C)c1cccc(C(C)C)c1-c1ccnc(-n2c3[c-]c(N(c4[c-]c(-n5[cH+]n(C(C)C)c6ccccc65)ccc4)c4ccccc4)ccc3c3ccccc32)c1.[Pt]. The van der Waals surface area contributed by atoms with Crippen molar-refractivity contribution >= 4 is 49.9 Å². The second-order valence-electron chi connectivity index (χ2n) is 15.5. The van der Waals surface area contributed by atoms with Gasteiger partial charge >= 0.3 is 0 Å². The van der Waals surface area contributed by atoms with Crippen molar-refractivity contribution in [3.63, 3.8) is 0 Å². The van der Waals surface area contributed by atoms with E-state index in [1.807, 2.05) is 6.20 Å². The van der Waals surface area contributed by atoms with Crippen molar-refractivity contribution in [3.8, 4) is 22.6 Å². The van der Waals surface area contributed by atoms with Gasteiger partial charge in [0.1, 0.15) is 5.82 Å². The number of benzene rings is 6. The molecule has 0 N–H and O–H groups in total. The fraction of sp³-hybridized carbons (Fsp3) is 0.176. The minimum Gasteiger partial charge on any atom is -0.358 e. The Morgan fingerprint density at radius 1 is 0.596 bits per heavy atom. The maximum atomic E-state index is 5.05. The topological polar surface area (TPSA) is 30.9 Å². The molecule has 3 aromatic heterocycles. The third kappa shape index (κ3) is 6.78. The van der Waals surface area contributed by atoms with E-state index < -0.39 is 0 Å². The first-order chi connectivity index (χ1) is 27.3. The minimum absolute atomic E-state index is 0. The molecule has 0 aliphatic heterocycles. The molecule has 0 bridgehead atoms. The van der Waals surface area contributed by atoms with Gasteiger partial charge in [0.05, 0.1) is 6.04 Å². The van der Waals surface area contributed by atoms with Crippen molar-refractivity contribution in [2.75, 3.05) is 4.90 Å². The summed E-state index contributed by atoms with van der Waals surface area (Å²) in [6.07, 6.45) is 4.15. The summed E-state index contributed by atoms with van der Waals surface area (Å²) in [6, 6.07) is 57.8. The molecule has 286 valence electrons. The van der Waals surface area contributed by atoms with Gasteiger partial charge in [0.2, 0.25) is 0 Å². The zero-order valence-corrected chi connectivity index (χ0v) is 35.5. The van der Waals surface area contributed by atoms with Crippen molar-refractivity contribution in [1.29, 1.82) is 0 Å². The molecule has 6 heteroatoms. The van der Waals surface area contributed by atoms with Crippen LogP contribution in [0.15, 0.2) is 152 Å². The molecule has 0 spiro atoms. The minimum atomic E-state index is 0. The molecule has 9 aromatic rings. The number of hydrogen-bond donors (Lipinski definition) is 0. The number of rotatable bonds is 9. The van der Waals surface area contributed by atoms with Crippen molar-refractivity contribution in [2.24, 2.45) is 0 Å². The van der Waals surface area contributed by atoms with Crippen LogP contribution in [0.2, 0.25) is 0 Å². The maximum absolute atomic E-state index is 5.05. The Labute approximate surface area is 350 Å². The van der Waals surface area contributed by atoms with Crippen LogP contribution in [-0.4, -0.2) is 18.7 Å². The molecular formula is C51H46N5Pt-. The summed E-state index contributed by atoms with van der Waals surface area (Å²) in [5, 5.41) is 2.30. The van der Waals surface area contributed by atoms with Crippen LogP contribution in [0.25, 0.3) is 55.5 Å². The Morgan fingerprint density at radius 3 is 1.96 bits per heavy atom. The number of pyridine rings is 1. The predicted molar refractivity (Wildman–Crippen MR) is 234 cm³/mol. The van der Waals surface area contributed by atoms with Crippen molar-refractivity contribution < 1.29 is 21.1 Å². The van der Waals surface area contributed by atoms with Gasteiger partial charge in [-0.1, -0.05) is 105 Å². The molecule has 0 saturated carbocycles. The van der Waals surface area contributed by atoms with Gasteiger partial charge in [-0.2, -0.15) is 12.1 Å². The molecular weight excluding hydrogens is 878 g/mol. The average molecular weight is 924 g/mol. The molecule has 0 fully saturated rings. The van der Waals surface area contributed by atoms with Crippen LogP contribution in [0.5, 0.6) is 0 Å². The van der Waals surface area contributed by atoms with Crippen LogP contribution in [0, 0.1) is 12.1 Å². The van der Waals surface area contributed by atoms with Crippen LogP contribution in [0.4, 0.5) is 17.1 Å². The van der Waals surface area contributed by atoms with E-state index in [1.165, 1.54) is 33.2 Å². The first-order valence-electron chi connectivity index (χ1n) is 19.7. The number of fused-ring (bicyclic) bond motifs is 4. The fourth-order valence-corrected chi connectivity index (χ4v) is 8.27. The van der Waals surface area contributed by atoms with Crippen LogP contribution in [0.3, 0.4) is 0 Å². The Bertz CT molecular complexity index is 2840. The molecule has 3 heterocycles. The molecule has 9 rings (SSSR count). The van der Waals surface area contributed by atoms with Gasteiger partial charge in [0.25, 0.3) is 0 Å². The zero-order valence-electron chi connectivity index (χ0n) is 33.2. The standard InChI is InChI=1S/C51H46N5.Pt/c1-34(2)42-21-15-22-43(35(3)4)51(42)37-28-29-52-50(30-37)56-46-23-11-10-20-44(46)45-27-26-41(32-49(45)56)55(38-16-8-7-9-17-38)40-19-14-18-39(31-40)54-33-53(36(5)6)47-24-12-13-25-48(47)54;/h7-30,33-36H,1-6H3;/q-1;. The van der Waals surface area contributed by atoms with Crippen molar-refractivity contribution in [3.05, 3.63) is 175 Å². The summed E-state index contributed by atoms with van der Waals surface area (Å²) in [5.74, 6) is 1.64. The molecule has 0 aliphatic carbocycles. The van der Waals surface area contributed by atoms with Crippen LogP contribution >= 0.6 is 0 Å². The van der Waals surface area contributed by atoms with E-state index in [-0.39, 0.29) is 21.1 Å². The van der Waals surface area contributed by atoms with E-state index in [0.29, 0.717) is 17.9 Å². The van der Waals surface area contributed by atoms with Gasteiger partial charge in [-0.25, -0.2) is 14.1 Å². The van der Waals surface area contributed by atoms with E-state index in [1.54, 1.807) is 0 Å². The molecule has 0 atom stereocenters. The van der Waals surface area contributed by atoms with Gasteiger partial charge in [-0.15, -0.1) is 29.7 Å². The smallest absolute Gasteiger partial charge is 0.188 e. The largest absolute Gasteiger partial charge is 0.358 e. The van der Waals surface area contributed by atoms with Crippen LogP contribution in [0.1, 0.15) is 70.5 Å². The van der Waals surface area contributed by atoms with E-state index in [4.69, 9.17) is 4.98 Å². The summed E-state index contributed by atoms with van der Waals surface area (Å²) in [6.45, 7) is 13.6. The van der Waals surface area contributed by atoms with Gasteiger partial charge in [-0.05, 0) is 95.8 Å². The van der Waals surface area contributed by atoms with E-state index in [0.717, 1.165) is 50.5 Å². The first kappa shape index (κ1) is 38.1. The second kappa shape index (κ2) is 15.6. The van der Waals surface area contributed by atoms with Crippen LogP contribution < -0.4 is 4.90 Å². The molecule has 0 saturated heterocycles. The molecule has 0 aliphatic rings. The van der Waals surface area contributed by atoms with E-state index in [2.05, 4.69) is 218 Å². The van der Waals surface area contributed by atoms with Gasteiger partial charge in [-0.3, -0.25) is 0 Å². The molecule has 5 nitrogen and oxygen atoms in total. The number of para-hydroxylation sites is 4. The Hall–Kier alpha value is -5.77. The Morgan fingerprint density at radius 2 is 1.25 bits per heavy atom. The van der Waals surface area contributed by atoms with Crippen LogP contribution in [-0.2, 0) is 21.1 Å². The maximum Gasteiger partial charge on any atom is 0.188 e. The molecule has 0 unspecified atom stereocenters. The summed E-state index contributed by atoms with van der Waals surface area (Å²) in [7, 11) is 0. The van der Waals surface area contributed by atoms with E-state index >= 15 is 0 Å². The summed E-state index contributed by atoms with van der Waals surface area (Å²) < 4.78 is 6.84. The number of aromatic nitrogens is 4. The molecule has 0 radical (unpaired) electrons. The zero-order chi connectivity index (χ0) is 38.5. The molecule has 57 heavy (non-hydrogen) atoms. The molecule has 0 amide bonds. The fourth-order valence-electron chi connectivity index (χ4n) is 8.27. The number of hydrogen-bond acceptors (Lipinski definition) is 2. The summed E-state index contributed by atoms with van der Waals surface area (Å²) in [4.78, 5) is 7.31. The van der Waals surface area contributed by atoms with Crippen molar-refractivity contribution in [1.82, 2.24) is 18.7 Å². The molecule has 6 aromatic carbocycles. The second-order valence-corrected chi connectivity index (χ2v) is 15.5. The Kier molecular flexibility index (Phi) is 10.5. The number of imidazole rings is 1. The Balaban J connectivity index is 0.00000455. The summed E-state index contributed by atoms with van der Waals surface area (Å²) >= 11 is 0. The van der Waals surface area contributed by atoms with E-state index in [9.17, 15) is 0 Å². The third-order valence-corrected chi connectivity index (χ3v) is 10.9. The van der Waals surface area contributed by atoms with Gasteiger partial charge in [0, 0.05) is 56.3 Å². The number of anilines is 3. The van der Waals surface area contributed by atoms with Gasteiger partial charge < -0.3 is 9.47 Å². The summed E-state index contributed by atoms with van der Waals surface area (Å²) in [5.41, 5.74) is 13.4. The van der Waals surface area contributed by atoms with Crippen molar-refractivity contribution in [2.45, 2.75) is 59.4 Å². The normalized spacial score (nSPS) is 11.7. The average Bonchev–Trinajstić information content (AvgIpc) is 3.78. The van der Waals surface area contributed by atoms with Gasteiger partial charge in [0.15, 0.2) is 17.4 Å². The monoisotopic (exact) mass is 923 g/mol.